The van der Waals surface area contributed by atoms with Crippen LogP contribution in [0.4, 0.5) is 0 Å². The van der Waals surface area contributed by atoms with Gasteiger partial charge in [-0.3, -0.25) is 19.3 Å². The lowest BCUT2D eigenvalue weighted by Crippen LogP contribution is -2.16. The van der Waals surface area contributed by atoms with E-state index in [0.717, 1.165) is 38.6 Å². The van der Waals surface area contributed by atoms with E-state index < -0.39 is 24.6 Å². The molecule has 32 heavy (non-hydrogen) atoms. The molecule has 0 radical (unpaired) electrons. The first kappa shape index (κ1) is 21.9. The number of aromatic nitrogens is 3. The van der Waals surface area contributed by atoms with Crippen molar-refractivity contribution in [2.45, 2.75) is 25.8 Å². The number of methoxy groups -OCH3 is 1. The fourth-order valence-electron chi connectivity index (χ4n) is 3.61. The van der Waals surface area contributed by atoms with E-state index in [1.54, 1.807) is 12.4 Å². The molecular weight excluding hydrogens is 476 g/mol. The Bertz CT molecular complexity index is 1190. The molecule has 0 aliphatic carbocycles. The fraction of sp³-hybridized carbons (Fsp3) is 0.261. The molecule has 1 aliphatic heterocycles. The Morgan fingerprint density at radius 3 is 2.75 bits per heavy atom. The zero-order chi connectivity index (χ0) is 22.7. The van der Waals surface area contributed by atoms with Crippen molar-refractivity contribution in [1.29, 1.82) is 0 Å². The summed E-state index contributed by atoms with van der Waals surface area (Å²) in [6, 6.07) is 11.3. The van der Waals surface area contributed by atoms with Crippen LogP contribution in [0.1, 0.15) is 41.7 Å². The average Bonchev–Trinajstić information content (AvgIpc) is 3.12. The van der Waals surface area contributed by atoms with Crippen LogP contribution in [0.5, 0.6) is 0 Å². The smallest absolute Gasteiger partial charge is 0.344 e. The molecule has 0 N–H and O–H groups in total. The molecule has 1 aromatic carbocycles. The number of carbonyl (C=O) groups is 2. The number of ether oxygens (including phenoxy) is 2. The molecule has 164 valence electrons. The summed E-state index contributed by atoms with van der Waals surface area (Å²) in [4.78, 5) is 37.6. The Kier molecular flexibility index (Phi) is 6.45. The van der Waals surface area contributed by atoms with E-state index in [2.05, 4.69) is 35.2 Å². The number of pyridine rings is 1. The number of benzene rings is 1. The maximum Gasteiger partial charge on any atom is 0.344 e. The van der Waals surface area contributed by atoms with Gasteiger partial charge >= 0.3 is 11.9 Å². The number of nitrogens with zero attached hydrogens (tertiary/aromatic N) is 4. The van der Waals surface area contributed by atoms with Gasteiger partial charge < -0.3 is 9.47 Å². The second-order valence-corrected chi connectivity index (χ2v) is 8.15. The zero-order valence-corrected chi connectivity index (χ0v) is 19.2. The lowest BCUT2D eigenvalue weighted by atomic mass is 10.0. The SMILES string of the molecule is COC(=O)COC(=O)CC[C@@H]1N=C(c2ccccn2)c2cc(Br)ccc2-n2c(C)cnc21. The highest BCUT2D eigenvalue weighted by Gasteiger charge is 2.28. The molecule has 1 atom stereocenters. The Morgan fingerprint density at radius 1 is 1.16 bits per heavy atom. The Labute approximate surface area is 193 Å². The second-order valence-electron chi connectivity index (χ2n) is 7.24. The van der Waals surface area contributed by atoms with Crippen LogP contribution in [0.25, 0.3) is 5.69 Å². The van der Waals surface area contributed by atoms with Gasteiger partial charge in [-0.25, -0.2) is 9.78 Å². The number of carbonyl (C=O) groups excluding carboxylic acids is 2. The maximum absolute atomic E-state index is 12.2. The summed E-state index contributed by atoms with van der Waals surface area (Å²) in [7, 11) is 1.24. The van der Waals surface area contributed by atoms with E-state index in [4.69, 9.17) is 9.73 Å². The molecule has 0 bridgehead atoms. The summed E-state index contributed by atoms with van der Waals surface area (Å²) in [5.74, 6) is -0.363. The van der Waals surface area contributed by atoms with Crippen molar-refractivity contribution >= 4 is 33.6 Å². The van der Waals surface area contributed by atoms with Crippen LogP contribution in [-0.4, -0.2) is 45.9 Å². The number of halogens is 1. The van der Waals surface area contributed by atoms with Gasteiger partial charge in [0.25, 0.3) is 0 Å². The van der Waals surface area contributed by atoms with Gasteiger partial charge in [0.05, 0.1) is 24.2 Å². The van der Waals surface area contributed by atoms with Crippen molar-refractivity contribution in [1.82, 2.24) is 14.5 Å². The third-order valence-corrected chi connectivity index (χ3v) is 5.60. The predicted octanol–water partition coefficient (Wildman–Crippen LogP) is 3.73. The van der Waals surface area contributed by atoms with Crippen molar-refractivity contribution in [3.8, 4) is 5.69 Å². The van der Waals surface area contributed by atoms with E-state index in [1.165, 1.54) is 7.11 Å². The van der Waals surface area contributed by atoms with Crippen molar-refractivity contribution < 1.29 is 19.1 Å². The van der Waals surface area contributed by atoms with Crippen LogP contribution in [0, 0.1) is 6.92 Å². The second kappa shape index (κ2) is 9.44. The molecule has 4 rings (SSSR count). The van der Waals surface area contributed by atoms with Gasteiger partial charge in [0, 0.05) is 34.5 Å². The van der Waals surface area contributed by atoms with Crippen LogP contribution in [-0.2, 0) is 19.1 Å². The summed E-state index contributed by atoms with van der Waals surface area (Å²) in [6.45, 7) is 1.57. The number of rotatable bonds is 6. The van der Waals surface area contributed by atoms with Gasteiger partial charge in [-0.05, 0) is 43.7 Å². The fourth-order valence-corrected chi connectivity index (χ4v) is 3.97. The molecule has 3 heterocycles. The van der Waals surface area contributed by atoms with E-state index in [-0.39, 0.29) is 6.42 Å². The topological polar surface area (TPSA) is 95.7 Å². The van der Waals surface area contributed by atoms with E-state index >= 15 is 0 Å². The van der Waals surface area contributed by atoms with Gasteiger partial charge in [0.2, 0.25) is 0 Å². The van der Waals surface area contributed by atoms with Crippen LogP contribution in [0.2, 0.25) is 0 Å². The van der Waals surface area contributed by atoms with Crippen molar-refractivity contribution in [2.75, 3.05) is 13.7 Å². The van der Waals surface area contributed by atoms with Crippen LogP contribution in [0.3, 0.4) is 0 Å². The molecule has 2 aromatic heterocycles. The number of esters is 2. The molecular formula is C23H21BrN4O4. The number of imidazole rings is 1. The number of aryl methyl sites for hydroxylation is 1. The van der Waals surface area contributed by atoms with Crippen LogP contribution >= 0.6 is 15.9 Å². The standard InChI is InChI=1S/C23H21BrN4O4/c1-14-12-26-23-18(7-9-20(29)32-13-21(30)31-2)27-22(17-5-3-4-10-25-17)16-11-15(24)6-8-19(16)28(14)23/h3-6,8,10-12,18H,7,9,13H2,1-2H3/t18-/m0/s1. The van der Waals surface area contributed by atoms with Crippen molar-refractivity contribution in [2.24, 2.45) is 4.99 Å². The summed E-state index contributed by atoms with van der Waals surface area (Å²) in [5.41, 5.74) is 4.27. The third-order valence-electron chi connectivity index (χ3n) is 5.11. The largest absolute Gasteiger partial charge is 0.466 e. The van der Waals surface area contributed by atoms with Crippen molar-refractivity contribution in [3.63, 3.8) is 0 Å². The van der Waals surface area contributed by atoms with Gasteiger partial charge in [-0.15, -0.1) is 0 Å². The summed E-state index contributed by atoms with van der Waals surface area (Å²) < 4.78 is 12.5. The van der Waals surface area contributed by atoms with Crippen LogP contribution < -0.4 is 0 Å². The molecule has 8 nitrogen and oxygen atoms in total. The zero-order valence-electron chi connectivity index (χ0n) is 17.6. The molecule has 0 saturated heterocycles. The first-order chi connectivity index (χ1) is 15.5. The highest BCUT2D eigenvalue weighted by atomic mass is 79.9. The number of hydrogen-bond donors (Lipinski definition) is 0. The summed E-state index contributed by atoms with van der Waals surface area (Å²) in [6.07, 6.45) is 3.96. The average molecular weight is 497 g/mol. The minimum Gasteiger partial charge on any atom is -0.466 e. The highest BCUT2D eigenvalue weighted by Crippen LogP contribution is 2.34. The Morgan fingerprint density at radius 2 is 2.00 bits per heavy atom. The minimum atomic E-state index is -0.601. The first-order valence-corrected chi connectivity index (χ1v) is 10.8. The predicted molar refractivity (Wildman–Crippen MR) is 121 cm³/mol. The molecule has 0 spiro atoms. The Balaban J connectivity index is 1.73. The van der Waals surface area contributed by atoms with Crippen molar-refractivity contribution in [3.05, 3.63) is 76.0 Å². The maximum atomic E-state index is 12.2. The molecule has 0 saturated carbocycles. The molecule has 3 aromatic rings. The lowest BCUT2D eigenvalue weighted by molar-refractivity contribution is -0.157. The van der Waals surface area contributed by atoms with Crippen LogP contribution in [0.15, 0.2) is 58.3 Å². The summed E-state index contributed by atoms with van der Waals surface area (Å²) >= 11 is 3.57. The van der Waals surface area contributed by atoms with E-state index in [9.17, 15) is 9.59 Å². The molecule has 1 aliphatic rings. The van der Waals surface area contributed by atoms with E-state index in [0.29, 0.717) is 6.42 Å². The summed E-state index contributed by atoms with van der Waals surface area (Å²) in [5, 5.41) is 0. The Hall–Kier alpha value is -3.33. The molecule has 9 heteroatoms. The van der Waals surface area contributed by atoms with Gasteiger partial charge in [-0.1, -0.05) is 22.0 Å². The molecule has 0 fully saturated rings. The quantitative estimate of drug-likeness (QED) is 0.482. The first-order valence-electron chi connectivity index (χ1n) is 10.0. The highest BCUT2D eigenvalue weighted by molar-refractivity contribution is 9.10. The van der Waals surface area contributed by atoms with Gasteiger partial charge in [-0.2, -0.15) is 0 Å². The van der Waals surface area contributed by atoms with Gasteiger partial charge in [0.1, 0.15) is 11.9 Å². The normalized spacial score (nSPS) is 14.6. The van der Waals surface area contributed by atoms with Gasteiger partial charge in [0.15, 0.2) is 6.61 Å². The monoisotopic (exact) mass is 496 g/mol. The number of hydrogen-bond acceptors (Lipinski definition) is 7. The third kappa shape index (κ3) is 4.47. The number of fused-ring (bicyclic) bond motifs is 3. The molecule has 0 unspecified atom stereocenters. The number of aliphatic imine (C=N–C) groups is 1. The lowest BCUT2D eigenvalue weighted by Gasteiger charge is -2.14. The van der Waals surface area contributed by atoms with E-state index in [1.807, 2.05) is 43.3 Å². The molecule has 0 amide bonds. The minimum absolute atomic E-state index is 0.0760.